The van der Waals surface area contributed by atoms with Crippen molar-refractivity contribution in [3.63, 3.8) is 0 Å². The Morgan fingerprint density at radius 2 is 1.74 bits per heavy atom. The van der Waals surface area contributed by atoms with Crippen molar-refractivity contribution in [1.82, 2.24) is 10.0 Å². The van der Waals surface area contributed by atoms with Crippen molar-refractivity contribution in [2.24, 2.45) is 5.92 Å². The van der Waals surface area contributed by atoms with Gasteiger partial charge in [0.05, 0.1) is 19.4 Å². The van der Waals surface area contributed by atoms with Gasteiger partial charge in [0.1, 0.15) is 12.4 Å². The normalized spacial score (nSPS) is 13.3. The van der Waals surface area contributed by atoms with Gasteiger partial charge in [-0.2, -0.15) is 0 Å². The van der Waals surface area contributed by atoms with Gasteiger partial charge < -0.3 is 14.8 Å². The summed E-state index contributed by atoms with van der Waals surface area (Å²) in [5.41, 5.74) is 1.62. The summed E-state index contributed by atoms with van der Waals surface area (Å²) in [7, 11) is -1.92. The van der Waals surface area contributed by atoms with Crippen LogP contribution in [0.15, 0.2) is 42.5 Å². The molecule has 39 heavy (non-hydrogen) atoms. The van der Waals surface area contributed by atoms with Gasteiger partial charge in [0, 0.05) is 12.1 Å². The lowest BCUT2D eigenvalue weighted by molar-refractivity contribution is -0.119. The minimum absolute atomic E-state index is 0.0896. The maximum absolute atomic E-state index is 12.9. The first-order valence-corrected chi connectivity index (χ1v) is 15.2. The number of nitrogens with one attached hydrogen (secondary N) is 2. The molecule has 214 valence electrons. The molecule has 2 N–H and O–H groups in total. The number of benzene rings is 2. The minimum atomic E-state index is -3.46. The van der Waals surface area contributed by atoms with E-state index in [0.717, 1.165) is 31.2 Å². The Morgan fingerprint density at radius 3 is 2.41 bits per heavy atom. The molecular formula is C30H41FN2O5S. The van der Waals surface area contributed by atoms with Crippen molar-refractivity contribution in [3.8, 4) is 23.3 Å². The standard InChI is InChI=1S/C27H33FN2O5S.C3H8/c1-34-26-18-22(11-14-25(26)35-17-5-8-21-9-12-24(28)13-10-21)15-16-29-27(31)19-30-36(32,33)20-23-6-3-2-4-7-23;1-3-2/h9-14,18,23,30H,2-4,6-7,15-17,19-20H2,1H3,(H,29,31);3H2,1-2H3. The summed E-state index contributed by atoms with van der Waals surface area (Å²) < 4.78 is 50.9. The van der Waals surface area contributed by atoms with Gasteiger partial charge in [-0.1, -0.05) is 57.4 Å². The zero-order valence-electron chi connectivity index (χ0n) is 23.2. The molecule has 0 radical (unpaired) electrons. The van der Waals surface area contributed by atoms with E-state index < -0.39 is 10.0 Å². The molecule has 0 saturated heterocycles. The Kier molecular flexibility index (Phi) is 14.4. The van der Waals surface area contributed by atoms with Crippen LogP contribution in [0.3, 0.4) is 0 Å². The molecule has 0 atom stereocenters. The molecule has 2 aromatic rings. The van der Waals surface area contributed by atoms with Crippen LogP contribution in [0.4, 0.5) is 4.39 Å². The van der Waals surface area contributed by atoms with Crippen molar-refractivity contribution in [2.45, 2.75) is 58.8 Å². The minimum Gasteiger partial charge on any atom is -0.493 e. The predicted molar refractivity (Wildman–Crippen MR) is 153 cm³/mol. The second-order valence-electron chi connectivity index (χ2n) is 9.50. The lowest BCUT2D eigenvalue weighted by Crippen LogP contribution is -2.39. The Labute approximate surface area is 232 Å². The fraction of sp³-hybridized carbons (Fsp3) is 0.500. The van der Waals surface area contributed by atoms with Gasteiger partial charge in [-0.3, -0.25) is 4.79 Å². The number of hydrogen-bond donors (Lipinski definition) is 2. The highest BCUT2D eigenvalue weighted by Gasteiger charge is 2.21. The van der Waals surface area contributed by atoms with Gasteiger partial charge in [0.15, 0.2) is 11.5 Å². The fourth-order valence-electron chi connectivity index (χ4n) is 4.08. The molecule has 7 nitrogen and oxygen atoms in total. The summed E-state index contributed by atoms with van der Waals surface area (Å²) >= 11 is 0. The number of rotatable bonds is 11. The Hall–Kier alpha value is -3.09. The molecular weight excluding hydrogens is 519 g/mol. The summed E-state index contributed by atoms with van der Waals surface area (Å²) in [6.07, 6.45) is 6.98. The van der Waals surface area contributed by atoms with E-state index in [4.69, 9.17) is 9.47 Å². The number of methoxy groups -OCH3 is 1. The van der Waals surface area contributed by atoms with Crippen LogP contribution in [-0.4, -0.2) is 46.9 Å². The zero-order valence-corrected chi connectivity index (χ0v) is 24.0. The number of carbonyl (C=O) groups excluding carboxylic acids is 1. The highest BCUT2D eigenvalue weighted by atomic mass is 32.2. The smallest absolute Gasteiger partial charge is 0.235 e. The molecule has 0 spiro atoms. The number of ether oxygens (including phenoxy) is 2. The van der Waals surface area contributed by atoms with Crippen LogP contribution in [0.25, 0.3) is 0 Å². The van der Waals surface area contributed by atoms with Crippen LogP contribution in [-0.2, 0) is 21.2 Å². The number of carbonyl (C=O) groups is 1. The van der Waals surface area contributed by atoms with E-state index in [1.54, 1.807) is 18.2 Å². The van der Waals surface area contributed by atoms with Crippen molar-refractivity contribution < 1.29 is 27.1 Å². The van der Waals surface area contributed by atoms with E-state index in [2.05, 4.69) is 35.7 Å². The van der Waals surface area contributed by atoms with Gasteiger partial charge in [0.2, 0.25) is 15.9 Å². The second-order valence-corrected chi connectivity index (χ2v) is 11.3. The molecule has 1 amide bonds. The Morgan fingerprint density at radius 1 is 1.05 bits per heavy atom. The molecule has 1 aliphatic carbocycles. The Bertz CT molecular complexity index is 1180. The van der Waals surface area contributed by atoms with Crippen molar-refractivity contribution in [3.05, 3.63) is 59.4 Å². The lowest BCUT2D eigenvalue weighted by Gasteiger charge is -2.21. The molecule has 9 heteroatoms. The average molecular weight is 561 g/mol. The second kappa shape index (κ2) is 17.5. The topological polar surface area (TPSA) is 93.7 Å². The summed E-state index contributed by atoms with van der Waals surface area (Å²) in [5.74, 6) is 6.45. The Balaban J connectivity index is 0.00000170. The number of halogens is 1. The first kappa shape index (κ1) is 32.1. The summed E-state index contributed by atoms with van der Waals surface area (Å²) in [5, 5.41) is 2.74. The molecule has 2 aromatic carbocycles. The van der Waals surface area contributed by atoms with Gasteiger partial charge in [-0.15, -0.1) is 0 Å². The molecule has 0 heterocycles. The number of amides is 1. The predicted octanol–water partition coefficient (Wildman–Crippen LogP) is 4.84. The molecule has 1 fully saturated rings. The largest absolute Gasteiger partial charge is 0.493 e. The average Bonchev–Trinajstić information content (AvgIpc) is 2.92. The van der Waals surface area contributed by atoms with Gasteiger partial charge in [-0.25, -0.2) is 17.5 Å². The highest BCUT2D eigenvalue weighted by Crippen LogP contribution is 2.28. The number of hydrogen-bond acceptors (Lipinski definition) is 5. The third kappa shape index (κ3) is 13.0. The molecule has 0 aliphatic heterocycles. The van der Waals surface area contributed by atoms with E-state index in [9.17, 15) is 17.6 Å². The maximum atomic E-state index is 12.9. The van der Waals surface area contributed by atoms with Gasteiger partial charge in [0.25, 0.3) is 0 Å². The van der Waals surface area contributed by atoms with E-state index in [1.807, 2.05) is 12.1 Å². The molecule has 3 rings (SSSR count). The van der Waals surface area contributed by atoms with Crippen LogP contribution in [0, 0.1) is 23.6 Å². The van der Waals surface area contributed by atoms with Gasteiger partial charge >= 0.3 is 0 Å². The van der Waals surface area contributed by atoms with Gasteiger partial charge in [-0.05, 0) is 67.1 Å². The zero-order chi connectivity index (χ0) is 28.5. The molecule has 0 aromatic heterocycles. The third-order valence-electron chi connectivity index (χ3n) is 5.97. The molecule has 0 bridgehead atoms. The first-order valence-electron chi connectivity index (χ1n) is 13.5. The van der Waals surface area contributed by atoms with Crippen molar-refractivity contribution in [1.29, 1.82) is 0 Å². The van der Waals surface area contributed by atoms with E-state index in [-0.39, 0.29) is 36.5 Å². The van der Waals surface area contributed by atoms with Crippen LogP contribution in [0.5, 0.6) is 11.5 Å². The fourth-order valence-corrected chi connectivity index (χ4v) is 5.50. The SMILES string of the molecule is CCC.COc1cc(CCNC(=O)CNS(=O)(=O)CC2CCCCC2)ccc1OCC#Cc1ccc(F)cc1. The third-order valence-corrected chi connectivity index (χ3v) is 7.47. The summed E-state index contributed by atoms with van der Waals surface area (Å²) in [6.45, 7) is 4.49. The van der Waals surface area contributed by atoms with E-state index in [1.165, 1.54) is 32.1 Å². The van der Waals surface area contributed by atoms with E-state index in [0.29, 0.717) is 30.0 Å². The van der Waals surface area contributed by atoms with Crippen molar-refractivity contribution >= 4 is 15.9 Å². The molecule has 0 unspecified atom stereocenters. The van der Waals surface area contributed by atoms with E-state index >= 15 is 0 Å². The van der Waals surface area contributed by atoms with Crippen LogP contribution in [0.2, 0.25) is 0 Å². The summed E-state index contributed by atoms with van der Waals surface area (Å²) in [6, 6.07) is 11.4. The number of sulfonamides is 1. The quantitative estimate of drug-likeness (QED) is 0.384. The molecule has 1 aliphatic rings. The van der Waals surface area contributed by atoms with Crippen LogP contribution in [0.1, 0.15) is 63.5 Å². The van der Waals surface area contributed by atoms with Crippen molar-refractivity contribution in [2.75, 3.05) is 32.6 Å². The maximum Gasteiger partial charge on any atom is 0.235 e. The van der Waals surface area contributed by atoms with Crippen LogP contribution >= 0.6 is 0 Å². The molecule has 1 saturated carbocycles. The monoisotopic (exact) mass is 560 g/mol. The first-order chi connectivity index (χ1) is 18.8. The highest BCUT2D eigenvalue weighted by molar-refractivity contribution is 7.89. The van der Waals surface area contributed by atoms with Crippen LogP contribution < -0.4 is 19.5 Å². The lowest BCUT2D eigenvalue weighted by atomic mass is 9.91. The summed E-state index contributed by atoms with van der Waals surface area (Å²) in [4.78, 5) is 12.1.